The van der Waals surface area contributed by atoms with Gasteiger partial charge in [0.2, 0.25) is 5.95 Å². The average molecular weight is 239 g/mol. The molecule has 1 saturated heterocycles. The van der Waals surface area contributed by atoms with Crippen molar-refractivity contribution in [1.29, 1.82) is 0 Å². The van der Waals surface area contributed by atoms with Gasteiger partial charge in [0, 0.05) is 41.5 Å². The van der Waals surface area contributed by atoms with Crippen molar-refractivity contribution >= 4 is 17.7 Å². The molecule has 1 atom stereocenters. The minimum absolute atomic E-state index is 0.0114. The fraction of sp³-hybridized carbons (Fsp3) is 0.636. The molecule has 1 N–H and O–H groups in total. The first kappa shape index (κ1) is 11.7. The van der Waals surface area contributed by atoms with Crippen molar-refractivity contribution in [2.45, 2.75) is 26.5 Å². The van der Waals surface area contributed by atoms with Crippen LogP contribution in [0, 0.1) is 6.92 Å². The van der Waals surface area contributed by atoms with Crippen LogP contribution in [0.15, 0.2) is 6.20 Å². The summed E-state index contributed by atoms with van der Waals surface area (Å²) in [5, 5.41) is 9.07. The third-order valence-electron chi connectivity index (χ3n) is 2.86. The lowest BCUT2D eigenvalue weighted by atomic mass is 10.2. The lowest BCUT2D eigenvalue weighted by molar-refractivity contribution is 0.280. The number of aliphatic hydroxyl groups is 1. The number of aliphatic hydroxyl groups excluding tert-OH is 1. The van der Waals surface area contributed by atoms with Crippen LogP contribution in [0.3, 0.4) is 0 Å². The summed E-state index contributed by atoms with van der Waals surface area (Å²) in [6.07, 6.45) is 1.73. The molecule has 1 aromatic heterocycles. The molecule has 4 nitrogen and oxygen atoms in total. The molecular formula is C11H17N3OS. The quantitative estimate of drug-likeness (QED) is 0.841. The Bertz CT molecular complexity index is 372. The van der Waals surface area contributed by atoms with Crippen molar-refractivity contribution in [3.8, 4) is 0 Å². The number of hydrogen-bond donors (Lipinski definition) is 1. The number of nitrogens with zero attached hydrogens (tertiary/aromatic N) is 3. The fourth-order valence-electron chi connectivity index (χ4n) is 1.80. The zero-order valence-corrected chi connectivity index (χ0v) is 10.5. The van der Waals surface area contributed by atoms with E-state index in [-0.39, 0.29) is 6.61 Å². The molecule has 2 heterocycles. The van der Waals surface area contributed by atoms with Gasteiger partial charge in [-0.15, -0.1) is 0 Å². The van der Waals surface area contributed by atoms with E-state index in [2.05, 4.69) is 21.8 Å². The summed E-state index contributed by atoms with van der Waals surface area (Å²) in [5.41, 5.74) is 1.68. The van der Waals surface area contributed by atoms with Crippen molar-refractivity contribution in [2.75, 3.05) is 23.0 Å². The Hall–Kier alpha value is -0.810. The number of rotatable bonds is 2. The highest BCUT2D eigenvalue weighted by atomic mass is 32.2. The van der Waals surface area contributed by atoms with E-state index >= 15 is 0 Å². The molecule has 0 amide bonds. The lowest BCUT2D eigenvalue weighted by Gasteiger charge is -2.33. The van der Waals surface area contributed by atoms with Crippen LogP contribution in [-0.4, -0.2) is 39.2 Å². The molecule has 5 heteroatoms. The van der Waals surface area contributed by atoms with Gasteiger partial charge in [0.05, 0.1) is 6.61 Å². The summed E-state index contributed by atoms with van der Waals surface area (Å²) in [5.74, 6) is 3.06. The van der Waals surface area contributed by atoms with E-state index in [1.54, 1.807) is 6.20 Å². The molecule has 1 aliphatic heterocycles. The van der Waals surface area contributed by atoms with Crippen LogP contribution in [0.2, 0.25) is 0 Å². The first-order chi connectivity index (χ1) is 7.72. The predicted octanol–water partition coefficient (Wildman–Crippen LogP) is 1.22. The number of aromatic nitrogens is 2. The molecule has 0 saturated carbocycles. The van der Waals surface area contributed by atoms with Gasteiger partial charge in [0.25, 0.3) is 0 Å². The van der Waals surface area contributed by atoms with Crippen LogP contribution in [-0.2, 0) is 6.61 Å². The topological polar surface area (TPSA) is 49.2 Å². The van der Waals surface area contributed by atoms with E-state index in [0.29, 0.717) is 6.04 Å². The monoisotopic (exact) mass is 239 g/mol. The molecule has 16 heavy (non-hydrogen) atoms. The first-order valence-electron chi connectivity index (χ1n) is 5.50. The van der Waals surface area contributed by atoms with Gasteiger partial charge in [-0.05, 0) is 13.8 Å². The van der Waals surface area contributed by atoms with Gasteiger partial charge in [-0.3, -0.25) is 0 Å². The van der Waals surface area contributed by atoms with Crippen molar-refractivity contribution in [3.05, 3.63) is 17.5 Å². The first-order valence-corrected chi connectivity index (χ1v) is 6.65. The van der Waals surface area contributed by atoms with E-state index in [4.69, 9.17) is 5.11 Å². The Morgan fingerprint density at radius 2 is 2.44 bits per heavy atom. The average Bonchev–Trinajstić information content (AvgIpc) is 2.29. The van der Waals surface area contributed by atoms with E-state index in [0.717, 1.165) is 35.3 Å². The summed E-state index contributed by atoms with van der Waals surface area (Å²) in [6.45, 7) is 5.13. The molecule has 0 aromatic carbocycles. The molecule has 0 aliphatic carbocycles. The maximum Gasteiger partial charge on any atom is 0.225 e. The summed E-state index contributed by atoms with van der Waals surface area (Å²) in [4.78, 5) is 11.0. The van der Waals surface area contributed by atoms with E-state index in [1.165, 1.54) is 0 Å². The van der Waals surface area contributed by atoms with E-state index in [1.807, 2.05) is 18.7 Å². The molecule has 0 bridgehead atoms. The zero-order valence-electron chi connectivity index (χ0n) is 9.68. The van der Waals surface area contributed by atoms with E-state index in [9.17, 15) is 0 Å². The summed E-state index contributed by atoms with van der Waals surface area (Å²) in [7, 11) is 0. The highest BCUT2D eigenvalue weighted by Crippen LogP contribution is 2.21. The van der Waals surface area contributed by atoms with Gasteiger partial charge in [-0.2, -0.15) is 11.8 Å². The largest absolute Gasteiger partial charge is 0.392 e. The summed E-state index contributed by atoms with van der Waals surface area (Å²) < 4.78 is 0. The van der Waals surface area contributed by atoms with Gasteiger partial charge in [-0.1, -0.05) is 0 Å². The standard InChI is InChI=1S/C11H17N3OS/c1-8-7-16-4-3-14(8)11-12-5-10(6-15)9(2)13-11/h5,8,15H,3-4,6-7H2,1-2H3. The van der Waals surface area contributed by atoms with Crippen LogP contribution < -0.4 is 4.90 Å². The molecule has 1 fully saturated rings. The van der Waals surface area contributed by atoms with Crippen LogP contribution in [0.4, 0.5) is 5.95 Å². The number of anilines is 1. The second kappa shape index (κ2) is 5.01. The Morgan fingerprint density at radius 3 is 3.06 bits per heavy atom. The number of thioether (sulfide) groups is 1. The van der Waals surface area contributed by atoms with Crippen LogP contribution in [0.25, 0.3) is 0 Å². The number of aryl methyl sites for hydroxylation is 1. The molecule has 0 radical (unpaired) electrons. The van der Waals surface area contributed by atoms with Crippen molar-refractivity contribution in [1.82, 2.24) is 9.97 Å². The Balaban J connectivity index is 2.22. The summed E-state index contributed by atoms with van der Waals surface area (Å²) in [6, 6.07) is 0.484. The predicted molar refractivity (Wildman–Crippen MR) is 66.8 cm³/mol. The highest BCUT2D eigenvalue weighted by Gasteiger charge is 2.21. The Morgan fingerprint density at radius 1 is 1.62 bits per heavy atom. The van der Waals surface area contributed by atoms with Crippen LogP contribution in [0.5, 0.6) is 0 Å². The maximum absolute atomic E-state index is 9.07. The highest BCUT2D eigenvalue weighted by molar-refractivity contribution is 7.99. The van der Waals surface area contributed by atoms with Crippen molar-refractivity contribution in [2.24, 2.45) is 0 Å². The van der Waals surface area contributed by atoms with Crippen molar-refractivity contribution < 1.29 is 5.11 Å². The maximum atomic E-state index is 9.07. The minimum Gasteiger partial charge on any atom is -0.392 e. The number of hydrogen-bond acceptors (Lipinski definition) is 5. The zero-order chi connectivity index (χ0) is 11.5. The lowest BCUT2D eigenvalue weighted by Crippen LogP contribution is -2.41. The van der Waals surface area contributed by atoms with Gasteiger partial charge >= 0.3 is 0 Å². The molecule has 1 aliphatic rings. The third-order valence-corrected chi connectivity index (χ3v) is 4.05. The third kappa shape index (κ3) is 2.30. The van der Waals surface area contributed by atoms with Gasteiger partial charge in [0.15, 0.2) is 0 Å². The smallest absolute Gasteiger partial charge is 0.225 e. The summed E-state index contributed by atoms with van der Waals surface area (Å²) >= 11 is 1.98. The Labute approximate surface area is 100 Å². The van der Waals surface area contributed by atoms with E-state index < -0.39 is 0 Å². The van der Waals surface area contributed by atoms with Crippen LogP contribution in [0.1, 0.15) is 18.2 Å². The molecule has 88 valence electrons. The molecule has 1 aromatic rings. The normalized spacial score (nSPS) is 21.2. The molecule has 1 unspecified atom stereocenters. The second-order valence-corrected chi connectivity index (χ2v) is 5.21. The second-order valence-electron chi connectivity index (χ2n) is 4.06. The SMILES string of the molecule is Cc1nc(N2CCSCC2C)ncc1CO. The fourth-order valence-corrected chi connectivity index (χ4v) is 2.81. The van der Waals surface area contributed by atoms with Gasteiger partial charge in [-0.25, -0.2) is 9.97 Å². The van der Waals surface area contributed by atoms with Gasteiger partial charge in [0.1, 0.15) is 0 Å². The van der Waals surface area contributed by atoms with Crippen molar-refractivity contribution in [3.63, 3.8) is 0 Å². The van der Waals surface area contributed by atoms with Gasteiger partial charge < -0.3 is 10.0 Å². The Kier molecular flexibility index (Phi) is 3.66. The minimum atomic E-state index is 0.0114. The molecule has 2 rings (SSSR count). The molecule has 0 spiro atoms. The van der Waals surface area contributed by atoms with Crippen LogP contribution >= 0.6 is 11.8 Å². The molecular weight excluding hydrogens is 222 g/mol.